The highest BCUT2D eigenvalue weighted by Crippen LogP contribution is 2.17. The van der Waals surface area contributed by atoms with E-state index in [2.05, 4.69) is 32.8 Å². The molecule has 0 aromatic carbocycles. The smallest absolute Gasteiger partial charge is 0.326 e. The summed E-state index contributed by atoms with van der Waals surface area (Å²) in [7, 11) is 0. The highest BCUT2D eigenvalue weighted by molar-refractivity contribution is 5.91. The highest BCUT2D eigenvalue weighted by Gasteiger charge is 2.25. The molecular weight excluding hydrogens is 652 g/mol. The van der Waals surface area contributed by atoms with Crippen molar-refractivity contribution >= 4 is 35.1 Å². The van der Waals surface area contributed by atoms with E-state index in [9.17, 15) is 33.9 Å². The topological polar surface area (TPSA) is 213 Å². The quantitative estimate of drug-likeness (QED) is 0.0526. The molecule has 0 radical (unpaired) electrons. The van der Waals surface area contributed by atoms with Crippen molar-refractivity contribution in [3.63, 3.8) is 0 Å². The number of aromatic amines is 1. The molecule has 0 aliphatic heterocycles. The van der Waals surface area contributed by atoms with E-state index < -0.39 is 24.0 Å². The van der Waals surface area contributed by atoms with Crippen LogP contribution in [0.15, 0.2) is 12.5 Å². The van der Waals surface area contributed by atoms with Crippen LogP contribution in [0.25, 0.3) is 0 Å². The molecule has 51 heavy (non-hydrogen) atoms. The SMILES string of the molecule is CCCCCCCCCCCCCCCC(=O)N[C@@H](CCC(=O)NCCCC[C@H](CC(=O)[C@@H](N)Cc1cnc[nH]1)C(=O)CNCC(C)=O)C(=O)O.[HH]. The molecule has 0 bridgehead atoms. The Morgan fingerprint density at radius 3 is 2.00 bits per heavy atom. The number of unbranched alkanes of at least 4 members (excludes halogenated alkanes) is 13. The van der Waals surface area contributed by atoms with Crippen LogP contribution in [0.2, 0.25) is 0 Å². The van der Waals surface area contributed by atoms with E-state index >= 15 is 0 Å². The normalized spacial score (nSPS) is 12.9. The van der Waals surface area contributed by atoms with Crippen molar-refractivity contribution in [1.29, 1.82) is 0 Å². The number of rotatable bonds is 34. The first-order chi connectivity index (χ1) is 24.5. The summed E-state index contributed by atoms with van der Waals surface area (Å²) in [4.78, 5) is 80.3. The van der Waals surface area contributed by atoms with Gasteiger partial charge in [0.25, 0.3) is 0 Å². The number of carbonyl (C=O) groups is 6. The third kappa shape index (κ3) is 24.4. The molecule has 13 nitrogen and oxygen atoms in total. The van der Waals surface area contributed by atoms with Crippen LogP contribution in [0.1, 0.15) is 149 Å². The minimum atomic E-state index is -1.17. The van der Waals surface area contributed by atoms with Gasteiger partial charge < -0.3 is 31.8 Å². The lowest BCUT2D eigenvalue weighted by Gasteiger charge is -2.18. The first kappa shape index (κ1) is 45.6. The molecule has 3 atom stereocenters. The molecule has 0 unspecified atom stereocenters. The molecule has 0 spiro atoms. The van der Waals surface area contributed by atoms with E-state index in [1.165, 1.54) is 71.0 Å². The number of nitrogens with one attached hydrogen (secondary N) is 4. The van der Waals surface area contributed by atoms with Gasteiger partial charge in [0, 0.05) is 51.5 Å². The Balaban J connectivity index is 0.0000260. The van der Waals surface area contributed by atoms with Gasteiger partial charge in [-0.3, -0.25) is 24.0 Å². The van der Waals surface area contributed by atoms with Crippen molar-refractivity contribution in [1.82, 2.24) is 25.9 Å². The average Bonchev–Trinajstić information content (AvgIpc) is 3.60. The van der Waals surface area contributed by atoms with Gasteiger partial charge in [-0.15, -0.1) is 0 Å². The molecule has 1 aromatic rings. The Kier molecular flexibility index (Phi) is 26.1. The van der Waals surface area contributed by atoms with E-state index in [0.29, 0.717) is 32.2 Å². The maximum Gasteiger partial charge on any atom is 0.326 e. The summed E-state index contributed by atoms with van der Waals surface area (Å²) < 4.78 is 0. The molecule has 0 saturated carbocycles. The maximum atomic E-state index is 12.9. The van der Waals surface area contributed by atoms with Gasteiger partial charge in [0.15, 0.2) is 5.78 Å². The van der Waals surface area contributed by atoms with Crippen LogP contribution in [0.4, 0.5) is 0 Å². The van der Waals surface area contributed by atoms with Crippen LogP contribution in [-0.4, -0.2) is 81.9 Å². The first-order valence-electron chi connectivity index (χ1n) is 19.3. The maximum absolute atomic E-state index is 12.9. The number of carboxylic acids is 1. The lowest BCUT2D eigenvalue weighted by molar-refractivity contribution is -0.142. The number of imidazole rings is 1. The number of Topliss-reactive ketones (excluding diaryl/α,β-unsaturated/α-hetero) is 3. The molecule has 1 rings (SSSR count). The summed E-state index contributed by atoms with van der Waals surface area (Å²) in [6.07, 6.45) is 20.7. The number of nitrogens with zero attached hydrogens (tertiary/aromatic N) is 1. The van der Waals surface area contributed by atoms with E-state index in [-0.39, 0.29) is 75.8 Å². The number of ketones is 3. The number of H-pyrrole nitrogens is 1. The van der Waals surface area contributed by atoms with Crippen molar-refractivity contribution in [3.8, 4) is 0 Å². The van der Waals surface area contributed by atoms with E-state index in [1.54, 1.807) is 6.20 Å². The highest BCUT2D eigenvalue weighted by atomic mass is 16.4. The lowest BCUT2D eigenvalue weighted by Crippen LogP contribution is -2.41. The second-order valence-electron chi connectivity index (χ2n) is 13.9. The van der Waals surface area contributed by atoms with E-state index in [1.807, 2.05) is 0 Å². The second kappa shape index (κ2) is 29.2. The minimum Gasteiger partial charge on any atom is -0.480 e. The van der Waals surface area contributed by atoms with Crippen LogP contribution in [0.3, 0.4) is 0 Å². The molecule has 7 N–H and O–H groups in total. The number of amides is 2. The van der Waals surface area contributed by atoms with Crippen molar-refractivity contribution < 1.29 is 35.3 Å². The fraction of sp³-hybridized carbons (Fsp3) is 0.763. The summed E-state index contributed by atoms with van der Waals surface area (Å²) in [5.41, 5.74) is 6.81. The molecule has 1 aromatic heterocycles. The molecule has 1 heterocycles. The van der Waals surface area contributed by atoms with Crippen LogP contribution >= 0.6 is 0 Å². The Labute approximate surface area is 306 Å². The Hall–Kier alpha value is -3.45. The summed E-state index contributed by atoms with van der Waals surface area (Å²) in [5, 5.41) is 17.7. The second-order valence-corrected chi connectivity index (χ2v) is 13.9. The minimum absolute atomic E-state index is 0. The Bertz CT molecular complexity index is 1150. The number of hydrogen-bond acceptors (Lipinski definition) is 9. The zero-order chi connectivity index (χ0) is 37.7. The third-order valence-electron chi connectivity index (χ3n) is 9.09. The predicted octanol–water partition coefficient (Wildman–Crippen LogP) is 4.97. The van der Waals surface area contributed by atoms with Crippen molar-refractivity contribution in [2.24, 2.45) is 11.7 Å². The summed E-state index contributed by atoms with van der Waals surface area (Å²) in [5.74, 6) is -2.92. The molecular formula is C38H68N6O7. The molecule has 0 aliphatic carbocycles. The van der Waals surface area contributed by atoms with Crippen molar-refractivity contribution in [3.05, 3.63) is 18.2 Å². The Morgan fingerprint density at radius 2 is 1.43 bits per heavy atom. The van der Waals surface area contributed by atoms with Crippen LogP contribution in [0.5, 0.6) is 0 Å². The molecule has 292 valence electrons. The van der Waals surface area contributed by atoms with Gasteiger partial charge >= 0.3 is 5.97 Å². The molecule has 0 aliphatic rings. The van der Waals surface area contributed by atoms with Gasteiger partial charge in [-0.05, 0) is 32.6 Å². The standard InChI is InChI=1S/C38H66N6O7.H2/c1-3-4-5-6-7-8-9-10-11-12-13-14-15-19-37(49)44-33(38(50)51)20-21-36(48)42-22-17-16-18-30(35(47)27-40-25-29(2)45)23-34(46)32(39)24-31-26-41-28-43-31;/h26,28,30,32-33,40H,3-25,27,39H2,1-2H3,(H,41,43)(H,42,48)(H,44,49)(H,50,51);1H/t30-,32+,33+;/m1./s1. The number of aromatic nitrogens is 2. The zero-order valence-electron chi connectivity index (χ0n) is 31.3. The third-order valence-corrected chi connectivity index (χ3v) is 9.09. The first-order valence-corrected chi connectivity index (χ1v) is 19.3. The Morgan fingerprint density at radius 1 is 0.804 bits per heavy atom. The predicted molar refractivity (Wildman–Crippen MR) is 200 cm³/mol. The largest absolute Gasteiger partial charge is 0.480 e. The van der Waals surface area contributed by atoms with Crippen LogP contribution in [-0.2, 0) is 35.2 Å². The number of carboxylic acid groups (broad SMARTS) is 1. The van der Waals surface area contributed by atoms with Crippen LogP contribution < -0.4 is 21.7 Å². The monoisotopic (exact) mass is 721 g/mol. The van der Waals surface area contributed by atoms with Gasteiger partial charge in [0.2, 0.25) is 11.8 Å². The fourth-order valence-corrected chi connectivity index (χ4v) is 5.96. The van der Waals surface area contributed by atoms with Gasteiger partial charge in [-0.2, -0.15) is 0 Å². The fourth-order valence-electron chi connectivity index (χ4n) is 5.96. The molecule has 0 saturated heterocycles. The van der Waals surface area contributed by atoms with E-state index in [4.69, 9.17) is 5.73 Å². The van der Waals surface area contributed by atoms with Gasteiger partial charge in [0.05, 0.1) is 25.5 Å². The van der Waals surface area contributed by atoms with Gasteiger partial charge in [-0.25, -0.2) is 9.78 Å². The van der Waals surface area contributed by atoms with Crippen molar-refractivity contribution in [2.45, 2.75) is 161 Å². The molecule has 13 heteroatoms. The number of hydrogen-bond donors (Lipinski definition) is 6. The molecule has 2 amide bonds. The number of aliphatic carboxylic acids is 1. The van der Waals surface area contributed by atoms with Gasteiger partial charge in [-0.1, -0.05) is 90.4 Å². The van der Waals surface area contributed by atoms with Gasteiger partial charge in [0.1, 0.15) is 17.6 Å². The summed E-state index contributed by atoms with van der Waals surface area (Å²) in [6, 6.07) is -1.92. The van der Waals surface area contributed by atoms with E-state index in [0.717, 1.165) is 25.0 Å². The number of carbonyl (C=O) groups excluding carboxylic acids is 5. The van der Waals surface area contributed by atoms with Crippen molar-refractivity contribution in [2.75, 3.05) is 19.6 Å². The lowest BCUT2D eigenvalue weighted by atomic mass is 9.89. The summed E-state index contributed by atoms with van der Waals surface area (Å²) in [6.45, 7) is 3.99. The summed E-state index contributed by atoms with van der Waals surface area (Å²) >= 11 is 0. The number of nitrogens with two attached hydrogens (primary N) is 1. The zero-order valence-corrected chi connectivity index (χ0v) is 31.3. The van der Waals surface area contributed by atoms with Crippen LogP contribution in [0, 0.1) is 5.92 Å². The molecule has 0 fully saturated rings. The average molecular weight is 721 g/mol.